The first-order valence-electron chi connectivity index (χ1n) is 7.03. The quantitative estimate of drug-likeness (QED) is 0.776. The molecule has 1 fully saturated rings. The van der Waals surface area contributed by atoms with Gasteiger partial charge in [-0.1, -0.05) is 12.1 Å². The third-order valence-corrected chi connectivity index (χ3v) is 3.39. The van der Waals surface area contributed by atoms with Crippen molar-refractivity contribution in [3.8, 4) is 11.4 Å². The molecule has 2 aromatic rings. The molecule has 0 radical (unpaired) electrons. The van der Waals surface area contributed by atoms with Gasteiger partial charge in [0.15, 0.2) is 0 Å². The number of ether oxygens (including phenoxy) is 1. The molecule has 1 unspecified atom stereocenters. The van der Waals surface area contributed by atoms with Gasteiger partial charge in [0.05, 0.1) is 12.7 Å². The van der Waals surface area contributed by atoms with Crippen molar-refractivity contribution in [2.24, 2.45) is 0 Å². The Morgan fingerprint density at radius 2 is 2.43 bits per heavy atom. The molecule has 1 amide bonds. The number of H-pyrrole nitrogens is 1. The zero-order valence-electron chi connectivity index (χ0n) is 11.6. The van der Waals surface area contributed by atoms with Gasteiger partial charge in [0, 0.05) is 43.2 Å². The van der Waals surface area contributed by atoms with E-state index in [1.807, 2.05) is 18.2 Å². The molecule has 1 aliphatic rings. The number of benzene rings is 1. The van der Waals surface area contributed by atoms with Crippen LogP contribution >= 0.6 is 0 Å². The smallest absolute Gasteiger partial charge is 0.251 e. The van der Waals surface area contributed by atoms with Crippen LogP contribution in [0.25, 0.3) is 11.4 Å². The number of carbonyl (C=O) groups excluding carboxylic acids is 1. The number of hydrogen-bond acceptors (Lipinski definition) is 4. The number of carbonyl (C=O) groups is 1. The zero-order chi connectivity index (χ0) is 14.5. The van der Waals surface area contributed by atoms with Crippen molar-refractivity contribution in [3.05, 3.63) is 42.2 Å². The van der Waals surface area contributed by atoms with Crippen LogP contribution in [-0.4, -0.2) is 48.2 Å². The summed E-state index contributed by atoms with van der Waals surface area (Å²) in [5, 5.41) is 6.14. The molecule has 0 spiro atoms. The number of rotatable bonds is 4. The average molecular weight is 286 g/mol. The lowest BCUT2D eigenvalue weighted by molar-refractivity contribution is 0.0287. The number of nitrogens with one attached hydrogen (secondary N) is 3. The van der Waals surface area contributed by atoms with Crippen LogP contribution in [0.2, 0.25) is 0 Å². The van der Waals surface area contributed by atoms with E-state index < -0.39 is 0 Å². The van der Waals surface area contributed by atoms with Gasteiger partial charge < -0.3 is 20.4 Å². The minimum Gasteiger partial charge on any atom is -0.374 e. The topological polar surface area (TPSA) is 79.0 Å². The fourth-order valence-electron chi connectivity index (χ4n) is 2.29. The largest absolute Gasteiger partial charge is 0.374 e. The van der Waals surface area contributed by atoms with Crippen LogP contribution < -0.4 is 10.6 Å². The third kappa shape index (κ3) is 3.48. The summed E-state index contributed by atoms with van der Waals surface area (Å²) in [4.78, 5) is 19.4. The zero-order valence-corrected chi connectivity index (χ0v) is 11.6. The summed E-state index contributed by atoms with van der Waals surface area (Å²) in [5.41, 5.74) is 1.51. The van der Waals surface area contributed by atoms with Crippen molar-refractivity contribution in [2.75, 3.05) is 26.2 Å². The van der Waals surface area contributed by atoms with Gasteiger partial charge in [0.2, 0.25) is 0 Å². The molecule has 1 aliphatic heterocycles. The standard InChI is InChI=1S/C15H18N4O2/c20-15(19-10-13-9-16-6-7-21-13)12-3-1-2-11(8-12)14-17-4-5-18-14/h1-5,8,13,16H,6-7,9-10H2,(H,17,18)(H,19,20). The minimum absolute atomic E-state index is 0.0379. The van der Waals surface area contributed by atoms with E-state index in [1.54, 1.807) is 18.5 Å². The Balaban J connectivity index is 1.63. The van der Waals surface area contributed by atoms with E-state index in [4.69, 9.17) is 4.74 Å². The van der Waals surface area contributed by atoms with Crippen molar-refractivity contribution in [2.45, 2.75) is 6.10 Å². The number of aromatic nitrogens is 2. The molecule has 6 heteroatoms. The first kappa shape index (κ1) is 13.8. The maximum atomic E-state index is 12.2. The Hall–Kier alpha value is -2.18. The molecular formula is C15H18N4O2. The lowest BCUT2D eigenvalue weighted by Crippen LogP contribution is -2.45. The minimum atomic E-state index is -0.0995. The molecule has 0 bridgehead atoms. The Kier molecular flexibility index (Phi) is 4.28. The molecule has 21 heavy (non-hydrogen) atoms. The molecular weight excluding hydrogens is 268 g/mol. The van der Waals surface area contributed by atoms with Crippen LogP contribution in [0.4, 0.5) is 0 Å². The fraction of sp³-hybridized carbons (Fsp3) is 0.333. The Bertz CT molecular complexity index is 591. The van der Waals surface area contributed by atoms with E-state index in [-0.39, 0.29) is 12.0 Å². The summed E-state index contributed by atoms with van der Waals surface area (Å²) in [7, 11) is 0. The summed E-state index contributed by atoms with van der Waals surface area (Å²) in [5.74, 6) is 0.655. The lowest BCUT2D eigenvalue weighted by atomic mass is 10.1. The van der Waals surface area contributed by atoms with Crippen molar-refractivity contribution < 1.29 is 9.53 Å². The van der Waals surface area contributed by atoms with Gasteiger partial charge in [0.1, 0.15) is 5.82 Å². The molecule has 3 N–H and O–H groups in total. The maximum absolute atomic E-state index is 12.2. The maximum Gasteiger partial charge on any atom is 0.251 e. The molecule has 110 valence electrons. The highest BCUT2D eigenvalue weighted by molar-refractivity contribution is 5.95. The Morgan fingerprint density at radius 3 is 3.19 bits per heavy atom. The molecule has 1 saturated heterocycles. The van der Waals surface area contributed by atoms with Crippen molar-refractivity contribution in [3.63, 3.8) is 0 Å². The van der Waals surface area contributed by atoms with Gasteiger partial charge in [-0.05, 0) is 12.1 Å². The molecule has 1 atom stereocenters. The van der Waals surface area contributed by atoms with Gasteiger partial charge in [-0.25, -0.2) is 4.98 Å². The molecule has 0 aliphatic carbocycles. The monoisotopic (exact) mass is 286 g/mol. The van der Waals surface area contributed by atoms with Crippen LogP contribution in [0, 0.1) is 0 Å². The number of morpholine rings is 1. The molecule has 1 aromatic heterocycles. The highest BCUT2D eigenvalue weighted by Crippen LogP contribution is 2.15. The van der Waals surface area contributed by atoms with Gasteiger partial charge in [-0.15, -0.1) is 0 Å². The number of nitrogens with zero attached hydrogens (tertiary/aromatic N) is 1. The van der Waals surface area contributed by atoms with E-state index in [2.05, 4.69) is 20.6 Å². The third-order valence-electron chi connectivity index (χ3n) is 3.39. The molecule has 1 aromatic carbocycles. The predicted octanol–water partition coefficient (Wildman–Crippen LogP) is 0.795. The van der Waals surface area contributed by atoms with E-state index >= 15 is 0 Å². The number of amides is 1. The first-order chi connectivity index (χ1) is 10.3. The lowest BCUT2D eigenvalue weighted by Gasteiger charge is -2.23. The number of aromatic amines is 1. The highest BCUT2D eigenvalue weighted by atomic mass is 16.5. The van der Waals surface area contributed by atoms with Crippen molar-refractivity contribution in [1.82, 2.24) is 20.6 Å². The number of imidazole rings is 1. The van der Waals surface area contributed by atoms with Crippen LogP contribution in [0.3, 0.4) is 0 Å². The summed E-state index contributed by atoms with van der Waals surface area (Å²) in [6, 6.07) is 7.39. The average Bonchev–Trinajstić information content (AvgIpc) is 3.08. The normalized spacial score (nSPS) is 18.4. The molecule has 6 nitrogen and oxygen atoms in total. The van der Waals surface area contributed by atoms with Crippen molar-refractivity contribution in [1.29, 1.82) is 0 Å². The van der Waals surface area contributed by atoms with Gasteiger partial charge in [-0.3, -0.25) is 4.79 Å². The second-order valence-electron chi connectivity index (χ2n) is 4.93. The summed E-state index contributed by atoms with van der Waals surface area (Å²) >= 11 is 0. The van der Waals surface area contributed by atoms with E-state index in [1.165, 1.54) is 0 Å². The molecule has 3 rings (SSSR count). The van der Waals surface area contributed by atoms with Crippen LogP contribution in [0.15, 0.2) is 36.7 Å². The second kappa shape index (κ2) is 6.51. The molecule has 0 saturated carbocycles. The number of hydrogen-bond donors (Lipinski definition) is 3. The van der Waals surface area contributed by atoms with E-state index in [9.17, 15) is 4.79 Å². The van der Waals surface area contributed by atoms with Crippen LogP contribution in [0.1, 0.15) is 10.4 Å². The van der Waals surface area contributed by atoms with Gasteiger partial charge >= 0.3 is 0 Å². The van der Waals surface area contributed by atoms with Crippen LogP contribution in [0.5, 0.6) is 0 Å². The van der Waals surface area contributed by atoms with E-state index in [0.29, 0.717) is 18.7 Å². The Labute approximate surface area is 122 Å². The first-order valence-corrected chi connectivity index (χ1v) is 7.03. The fourth-order valence-corrected chi connectivity index (χ4v) is 2.29. The van der Waals surface area contributed by atoms with Crippen LogP contribution in [-0.2, 0) is 4.74 Å². The highest BCUT2D eigenvalue weighted by Gasteiger charge is 2.15. The van der Waals surface area contributed by atoms with Gasteiger partial charge in [-0.2, -0.15) is 0 Å². The Morgan fingerprint density at radius 1 is 1.48 bits per heavy atom. The van der Waals surface area contributed by atoms with Crippen molar-refractivity contribution >= 4 is 5.91 Å². The summed E-state index contributed by atoms with van der Waals surface area (Å²) in [6.45, 7) is 2.84. The summed E-state index contributed by atoms with van der Waals surface area (Å²) in [6.07, 6.45) is 3.49. The SMILES string of the molecule is O=C(NCC1CNCCO1)c1cccc(-c2ncc[nH]2)c1. The summed E-state index contributed by atoms with van der Waals surface area (Å²) < 4.78 is 5.55. The predicted molar refractivity (Wildman–Crippen MR) is 79.0 cm³/mol. The van der Waals surface area contributed by atoms with E-state index in [0.717, 1.165) is 24.5 Å². The second-order valence-corrected chi connectivity index (χ2v) is 4.93. The van der Waals surface area contributed by atoms with Gasteiger partial charge in [0.25, 0.3) is 5.91 Å². The molecule has 2 heterocycles.